The second-order valence-corrected chi connectivity index (χ2v) is 6.05. The molecule has 2 aromatic rings. The third kappa shape index (κ3) is 1.89. The molecule has 0 aliphatic carbocycles. The molecule has 1 aliphatic heterocycles. The molecule has 1 N–H and O–H groups in total. The Hall–Kier alpha value is -1.84. The highest BCUT2D eigenvalue weighted by Crippen LogP contribution is 2.45. The Labute approximate surface area is 127 Å². The Morgan fingerprint density at radius 3 is 2.86 bits per heavy atom. The van der Waals surface area contributed by atoms with Crippen molar-refractivity contribution in [2.75, 3.05) is 7.05 Å². The summed E-state index contributed by atoms with van der Waals surface area (Å²) in [6.07, 6.45) is -2.57. The van der Waals surface area contributed by atoms with Gasteiger partial charge in [-0.25, -0.2) is 14.3 Å². The number of halogens is 3. The van der Waals surface area contributed by atoms with Gasteiger partial charge in [-0.3, -0.25) is 0 Å². The van der Waals surface area contributed by atoms with Crippen LogP contribution in [0.2, 0.25) is 0 Å². The zero-order chi connectivity index (χ0) is 16.1. The lowest BCUT2D eigenvalue weighted by Gasteiger charge is -2.38. The number of imidazole rings is 1. The molecule has 6 nitrogen and oxygen atoms in total. The number of fused-ring (bicyclic) bond motifs is 1. The maximum Gasteiger partial charge on any atom is 0.411 e. The van der Waals surface area contributed by atoms with E-state index < -0.39 is 23.8 Å². The molecule has 1 aliphatic rings. The second kappa shape index (κ2) is 4.83. The van der Waals surface area contributed by atoms with E-state index in [0.29, 0.717) is 11.4 Å². The fourth-order valence-corrected chi connectivity index (χ4v) is 3.74. The van der Waals surface area contributed by atoms with E-state index in [9.17, 15) is 18.0 Å². The van der Waals surface area contributed by atoms with Crippen molar-refractivity contribution in [2.45, 2.75) is 37.5 Å². The number of carbonyl (C=O) groups is 1. The van der Waals surface area contributed by atoms with Gasteiger partial charge in [-0.15, -0.1) is 0 Å². The summed E-state index contributed by atoms with van der Waals surface area (Å²) in [6, 6.07) is -2.75. The predicted octanol–water partition coefficient (Wildman–Crippen LogP) is 2.37. The van der Waals surface area contributed by atoms with Crippen molar-refractivity contribution >= 4 is 22.3 Å². The third-order valence-corrected chi connectivity index (χ3v) is 4.77. The number of carbonyl (C=O) groups excluding carboxylic acids is 1. The van der Waals surface area contributed by atoms with Gasteiger partial charge >= 0.3 is 12.2 Å². The normalized spacial score (nSPS) is 26.0. The molecule has 1 saturated heterocycles. The summed E-state index contributed by atoms with van der Waals surface area (Å²) < 4.78 is 42.0. The van der Waals surface area contributed by atoms with Gasteiger partial charge in [0.25, 0.3) is 0 Å². The standard InChI is InChI=1S/C12H14F3N5OS/c1-3-4-11(7-5-16-10-20(7)17-6-22-10)8(12(13,14)15)18-9(21)19(11)2/h5-6,8H,3-4H2,1-2H3,(H,18,21). The maximum absolute atomic E-state index is 13.6. The van der Waals surface area contributed by atoms with Crippen molar-refractivity contribution in [3.8, 4) is 0 Å². The van der Waals surface area contributed by atoms with E-state index in [1.54, 1.807) is 6.92 Å². The lowest BCUT2D eigenvalue weighted by atomic mass is 9.82. The highest BCUT2D eigenvalue weighted by atomic mass is 32.1. The molecule has 0 spiro atoms. The molecule has 3 heterocycles. The van der Waals surface area contributed by atoms with Crippen molar-refractivity contribution in [3.05, 3.63) is 17.4 Å². The van der Waals surface area contributed by atoms with Crippen molar-refractivity contribution in [2.24, 2.45) is 0 Å². The Balaban J connectivity index is 2.25. The van der Waals surface area contributed by atoms with Crippen LogP contribution in [0.4, 0.5) is 18.0 Å². The first-order valence-electron chi connectivity index (χ1n) is 6.71. The van der Waals surface area contributed by atoms with Crippen LogP contribution >= 0.6 is 11.3 Å². The largest absolute Gasteiger partial charge is 0.411 e. The van der Waals surface area contributed by atoms with Crippen LogP contribution in [0.25, 0.3) is 4.96 Å². The molecule has 2 atom stereocenters. The molecule has 2 unspecified atom stereocenters. The van der Waals surface area contributed by atoms with Gasteiger partial charge in [-0.1, -0.05) is 24.7 Å². The van der Waals surface area contributed by atoms with Gasteiger partial charge in [0.15, 0.2) is 6.04 Å². The number of hydrogen-bond acceptors (Lipinski definition) is 4. The molecular formula is C12H14F3N5OS. The molecule has 22 heavy (non-hydrogen) atoms. The molecule has 2 aromatic heterocycles. The highest BCUT2D eigenvalue weighted by Gasteiger charge is 2.63. The van der Waals surface area contributed by atoms with Crippen LogP contribution in [0, 0.1) is 0 Å². The average Bonchev–Trinajstić information content (AvgIpc) is 3.08. The molecule has 2 amide bonds. The maximum atomic E-state index is 13.6. The Bertz CT molecular complexity index is 711. The smallest absolute Gasteiger partial charge is 0.324 e. The van der Waals surface area contributed by atoms with Gasteiger partial charge < -0.3 is 10.2 Å². The number of rotatable bonds is 3. The molecule has 0 saturated carbocycles. The fourth-order valence-electron chi connectivity index (χ4n) is 3.14. The van der Waals surface area contributed by atoms with E-state index in [0.717, 1.165) is 4.90 Å². The number of alkyl halides is 3. The number of amides is 2. The van der Waals surface area contributed by atoms with Crippen molar-refractivity contribution in [1.82, 2.24) is 24.8 Å². The molecule has 0 bridgehead atoms. The molecule has 3 rings (SSSR count). The minimum atomic E-state index is -4.57. The molecule has 1 fully saturated rings. The summed E-state index contributed by atoms with van der Waals surface area (Å²) in [5.74, 6) is 0. The van der Waals surface area contributed by atoms with Crippen LogP contribution < -0.4 is 5.32 Å². The first-order chi connectivity index (χ1) is 10.3. The first-order valence-corrected chi connectivity index (χ1v) is 7.59. The highest BCUT2D eigenvalue weighted by molar-refractivity contribution is 7.14. The topological polar surface area (TPSA) is 62.5 Å². The number of nitrogens with zero attached hydrogens (tertiary/aromatic N) is 4. The Kier molecular flexibility index (Phi) is 3.31. The van der Waals surface area contributed by atoms with Crippen molar-refractivity contribution in [1.29, 1.82) is 0 Å². The molecule has 120 valence electrons. The van der Waals surface area contributed by atoms with E-state index in [1.807, 2.05) is 0 Å². The minimum Gasteiger partial charge on any atom is -0.324 e. The SMILES string of the molecule is CCCC1(c2cnc3scnn23)C(C(F)(F)F)NC(=O)N1C. The first kappa shape index (κ1) is 15.1. The van der Waals surface area contributed by atoms with Crippen LogP contribution in [0.1, 0.15) is 25.5 Å². The number of nitrogens with one attached hydrogen (secondary N) is 1. The van der Waals surface area contributed by atoms with Crippen LogP contribution in [-0.4, -0.2) is 44.8 Å². The van der Waals surface area contributed by atoms with Crippen LogP contribution in [-0.2, 0) is 5.54 Å². The summed E-state index contributed by atoms with van der Waals surface area (Å²) in [6.45, 7) is 1.78. The van der Waals surface area contributed by atoms with E-state index in [4.69, 9.17) is 0 Å². The van der Waals surface area contributed by atoms with Gasteiger partial charge in [0.2, 0.25) is 4.96 Å². The predicted molar refractivity (Wildman–Crippen MR) is 73.6 cm³/mol. The molecular weight excluding hydrogens is 319 g/mol. The monoisotopic (exact) mass is 333 g/mol. The number of aromatic nitrogens is 3. The van der Waals surface area contributed by atoms with E-state index in [2.05, 4.69) is 15.4 Å². The van der Waals surface area contributed by atoms with Gasteiger partial charge in [0.05, 0.1) is 11.9 Å². The summed E-state index contributed by atoms with van der Waals surface area (Å²) in [5, 5.41) is 6.13. The molecule has 10 heteroatoms. The van der Waals surface area contributed by atoms with Crippen molar-refractivity contribution in [3.63, 3.8) is 0 Å². The zero-order valence-corrected chi connectivity index (χ0v) is 12.7. The lowest BCUT2D eigenvalue weighted by molar-refractivity contribution is -0.173. The van der Waals surface area contributed by atoms with Gasteiger partial charge in [0.1, 0.15) is 11.0 Å². The summed E-state index contributed by atoms with van der Waals surface area (Å²) >= 11 is 1.23. The molecule has 0 radical (unpaired) electrons. The quantitative estimate of drug-likeness (QED) is 0.938. The van der Waals surface area contributed by atoms with Gasteiger partial charge in [0, 0.05) is 7.05 Å². The minimum absolute atomic E-state index is 0.151. The van der Waals surface area contributed by atoms with Crippen LogP contribution in [0.15, 0.2) is 11.7 Å². The van der Waals surface area contributed by atoms with Crippen molar-refractivity contribution < 1.29 is 18.0 Å². The molecule has 0 aromatic carbocycles. The van der Waals surface area contributed by atoms with E-state index >= 15 is 0 Å². The third-order valence-electron chi connectivity index (χ3n) is 4.08. The van der Waals surface area contributed by atoms with Gasteiger partial charge in [-0.05, 0) is 6.42 Å². The fraction of sp³-hybridized carbons (Fsp3) is 0.583. The average molecular weight is 333 g/mol. The number of hydrogen-bond donors (Lipinski definition) is 1. The van der Waals surface area contributed by atoms with Crippen LogP contribution in [0.5, 0.6) is 0 Å². The van der Waals surface area contributed by atoms with E-state index in [1.165, 1.54) is 34.6 Å². The summed E-state index contributed by atoms with van der Waals surface area (Å²) in [4.78, 5) is 17.7. The lowest BCUT2D eigenvalue weighted by Crippen LogP contribution is -2.55. The Morgan fingerprint density at radius 2 is 2.23 bits per heavy atom. The Morgan fingerprint density at radius 1 is 1.50 bits per heavy atom. The zero-order valence-electron chi connectivity index (χ0n) is 11.9. The number of likely N-dealkylation sites (N-methyl/N-ethyl adjacent to an activating group) is 1. The second-order valence-electron chi connectivity index (χ2n) is 5.23. The van der Waals surface area contributed by atoms with Gasteiger partial charge in [-0.2, -0.15) is 18.3 Å². The summed E-state index contributed by atoms with van der Waals surface area (Å²) in [5.41, 5.74) is 0.226. The van der Waals surface area contributed by atoms with Crippen LogP contribution in [0.3, 0.4) is 0 Å². The van der Waals surface area contributed by atoms with E-state index in [-0.39, 0.29) is 12.1 Å². The summed E-state index contributed by atoms with van der Waals surface area (Å²) in [7, 11) is 1.38. The number of urea groups is 1.